The Hall–Kier alpha value is -6.84. The first-order chi connectivity index (χ1) is 28.7. The van der Waals surface area contributed by atoms with E-state index < -0.39 is 0 Å². The van der Waals surface area contributed by atoms with Crippen molar-refractivity contribution >= 4 is 60.8 Å². The summed E-state index contributed by atoms with van der Waals surface area (Å²) < 4.78 is 8.88. The third-order valence-electron chi connectivity index (χ3n) is 13.1. The number of hydrogen-bond acceptors (Lipinski definition) is 2. The fraction of sp³-hybridized carbons (Fsp3) is 0.143. The Balaban J connectivity index is 1.07. The molecular formula is C56H46N2O. The van der Waals surface area contributed by atoms with Crippen molar-refractivity contribution in [3.05, 3.63) is 193 Å². The van der Waals surface area contributed by atoms with Crippen LogP contribution in [0.5, 0.6) is 0 Å². The van der Waals surface area contributed by atoms with E-state index in [4.69, 9.17) is 4.42 Å². The first-order valence-electron chi connectivity index (χ1n) is 20.9. The Labute approximate surface area is 345 Å². The molecule has 0 bridgehead atoms. The molecule has 2 aromatic heterocycles. The number of fused-ring (bicyclic) bond motifs is 7. The van der Waals surface area contributed by atoms with E-state index in [0.29, 0.717) is 0 Å². The van der Waals surface area contributed by atoms with Crippen LogP contribution in [0.3, 0.4) is 0 Å². The maximum absolute atomic E-state index is 6.45. The van der Waals surface area contributed by atoms with Gasteiger partial charge in [0.2, 0.25) is 0 Å². The number of aromatic nitrogens is 1. The summed E-state index contributed by atoms with van der Waals surface area (Å²) in [5.41, 5.74) is 16.6. The normalized spacial score (nSPS) is 14.6. The van der Waals surface area contributed by atoms with Crippen molar-refractivity contribution in [3.63, 3.8) is 0 Å². The van der Waals surface area contributed by atoms with Crippen molar-refractivity contribution < 1.29 is 4.42 Å². The predicted molar refractivity (Wildman–Crippen MR) is 249 cm³/mol. The number of benzene rings is 8. The molecule has 0 aliphatic heterocycles. The molecule has 1 aliphatic carbocycles. The molecule has 59 heavy (non-hydrogen) atoms. The van der Waals surface area contributed by atoms with Gasteiger partial charge in [-0.1, -0.05) is 143 Å². The Morgan fingerprint density at radius 1 is 0.407 bits per heavy atom. The minimum Gasteiger partial charge on any atom is -0.456 e. The third kappa shape index (κ3) is 5.87. The van der Waals surface area contributed by atoms with E-state index in [9.17, 15) is 0 Å². The van der Waals surface area contributed by atoms with Gasteiger partial charge in [-0.25, -0.2) is 0 Å². The van der Waals surface area contributed by atoms with Crippen LogP contribution < -0.4 is 4.90 Å². The van der Waals surface area contributed by atoms with Gasteiger partial charge in [0.15, 0.2) is 0 Å². The van der Waals surface area contributed by atoms with Gasteiger partial charge in [0, 0.05) is 50.4 Å². The van der Waals surface area contributed by atoms with Crippen LogP contribution in [-0.2, 0) is 10.8 Å². The molecule has 3 heteroatoms. The summed E-state index contributed by atoms with van der Waals surface area (Å²) in [6, 6.07) is 66.4. The topological polar surface area (TPSA) is 21.3 Å². The second-order valence-electron chi connectivity index (χ2n) is 17.7. The highest BCUT2D eigenvalue weighted by Gasteiger charge is 2.37. The Morgan fingerprint density at radius 2 is 0.983 bits per heavy atom. The van der Waals surface area contributed by atoms with Gasteiger partial charge in [-0.2, -0.15) is 0 Å². The van der Waals surface area contributed by atoms with Gasteiger partial charge in [0.1, 0.15) is 11.2 Å². The van der Waals surface area contributed by atoms with Gasteiger partial charge in [0.05, 0.1) is 11.0 Å². The summed E-state index contributed by atoms with van der Waals surface area (Å²) in [6.07, 6.45) is 2.42. The molecule has 1 aliphatic rings. The molecule has 286 valence electrons. The van der Waals surface area contributed by atoms with Crippen LogP contribution in [0.15, 0.2) is 186 Å². The van der Waals surface area contributed by atoms with Crippen molar-refractivity contribution in [2.45, 2.75) is 51.4 Å². The molecule has 0 fully saturated rings. The molecule has 2 heterocycles. The van der Waals surface area contributed by atoms with Crippen LogP contribution in [0.1, 0.15) is 51.7 Å². The Morgan fingerprint density at radius 3 is 1.80 bits per heavy atom. The van der Waals surface area contributed by atoms with Crippen molar-refractivity contribution in [2.24, 2.45) is 0 Å². The molecule has 0 amide bonds. The zero-order valence-electron chi connectivity index (χ0n) is 34.0. The molecule has 0 radical (unpaired) electrons. The number of rotatable bonds is 6. The molecule has 10 aromatic rings. The third-order valence-corrected chi connectivity index (χ3v) is 13.1. The van der Waals surface area contributed by atoms with E-state index in [1.807, 2.05) is 12.1 Å². The molecule has 8 aromatic carbocycles. The van der Waals surface area contributed by atoms with Gasteiger partial charge < -0.3 is 13.9 Å². The largest absolute Gasteiger partial charge is 0.456 e. The molecule has 0 unspecified atom stereocenters. The number of anilines is 3. The average Bonchev–Trinajstić information content (AvgIpc) is 3.81. The lowest BCUT2D eigenvalue weighted by molar-refractivity contribution is 0.332. The zero-order chi connectivity index (χ0) is 39.9. The van der Waals surface area contributed by atoms with Crippen molar-refractivity contribution in [1.82, 2.24) is 4.57 Å². The smallest absolute Gasteiger partial charge is 0.137 e. The first kappa shape index (κ1) is 35.3. The van der Waals surface area contributed by atoms with Gasteiger partial charge in [-0.3, -0.25) is 0 Å². The highest BCUT2D eigenvalue weighted by molar-refractivity contribution is 6.11. The summed E-state index contributed by atoms with van der Waals surface area (Å²) in [5.74, 6) is 0. The van der Waals surface area contributed by atoms with Gasteiger partial charge in [-0.05, 0) is 118 Å². The first-order valence-corrected chi connectivity index (χ1v) is 20.9. The lowest BCUT2D eigenvalue weighted by Gasteiger charge is -2.42. The maximum Gasteiger partial charge on any atom is 0.137 e. The minimum atomic E-state index is 0.163. The van der Waals surface area contributed by atoms with Gasteiger partial charge in [0.25, 0.3) is 0 Å². The second kappa shape index (κ2) is 13.4. The molecule has 0 N–H and O–H groups in total. The second-order valence-corrected chi connectivity index (χ2v) is 17.7. The zero-order valence-corrected chi connectivity index (χ0v) is 34.0. The van der Waals surface area contributed by atoms with Gasteiger partial charge >= 0.3 is 0 Å². The summed E-state index contributed by atoms with van der Waals surface area (Å²) in [6.45, 7) is 9.60. The Kier molecular flexibility index (Phi) is 8.00. The average molecular weight is 763 g/mol. The molecular weight excluding hydrogens is 717 g/mol. The fourth-order valence-corrected chi connectivity index (χ4v) is 9.70. The van der Waals surface area contributed by atoms with Crippen LogP contribution in [-0.4, -0.2) is 4.57 Å². The number of furan rings is 1. The van der Waals surface area contributed by atoms with Crippen LogP contribution >= 0.6 is 0 Å². The lowest BCUT2D eigenvalue weighted by atomic mass is 9.63. The standard InChI is InChI=1S/C56H46N2O/c1-55(2)31-32-56(3,4)50-34-40(23-30-49(50)55)38-21-24-41(25-22-38)58-51-19-10-8-17-45(51)46-28-26-43(35-52(46)58)57(42-16-12-15-39(33-42)37-13-6-5-7-14-37)44-27-29-48-47-18-9-11-20-53(47)59-54(48)36-44/h5-30,33-36H,31-32H2,1-4H3. The monoisotopic (exact) mass is 762 g/mol. The quantitative estimate of drug-likeness (QED) is 0.168. The van der Waals surface area contributed by atoms with E-state index in [2.05, 4.69) is 207 Å². The van der Waals surface area contributed by atoms with Crippen LogP contribution in [0.25, 0.3) is 71.7 Å². The van der Waals surface area contributed by atoms with Crippen LogP contribution in [0.2, 0.25) is 0 Å². The summed E-state index contributed by atoms with van der Waals surface area (Å²) in [5, 5.41) is 4.70. The van der Waals surface area contributed by atoms with E-state index >= 15 is 0 Å². The number of hydrogen-bond donors (Lipinski definition) is 0. The summed E-state index contributed by atoms with van der Waals surface area (Å²) >= 11 is 0. The number of nitrogens with zero attached hydrogens (tertiary/aromatic N) is 2. The highest BCUT2D eigenvalue weighted by atomic mass is 16.3. The lowest BCUT2D eigenvalue weighted by Crippen LogP contribution is -2.33. The molecule has 0 saturated heterocycles. The Bertz CT molecular complexity index is 3220. The summed E-state index contributed by atoms with van der Waals surface area (Å²) in [7, 11) is 0. The fourth-order valence-electron chi connectivity index (χ4n) is 9.70. The SMILES string of the molecule is CC1(C)CCC(C)(C)c2cc(-c3ccc(-n4c5ccccc5c5ccc(N(c6cccc(-c7ccccc7)c6)c6ccc7c(c6)oc6ccccc67)cc54)cc3)ccc21. The van der Waals surface area contributed by atoms with E-state index in [1.165, 1.54) is 62.5 Å². The molecule has 0 saturated carbocycles. The van der Waals surface area contributed by atoms with Gasteiger partial charge in [-0.15, -0.1) is 0 Å². The van der Waals surface area contributed by atoms with E-state index in [-0.39, 0.29) is 10.8 Å². The molecule has 11 rings (SSSR count). The number of para-hydroxylation sites is 2. The van der Waals surface area contributed by atoms with Crippen molar-refractivity contribution in [3.8, 4) is 27.9 Å². The van der Waals surface area contributed by atoms with E-state index in [1.54, 1.807) is 0 Å². The highest BCUT2D eigenvalue weighted by Crippen LogP contribution is 2.47. The van der Waals surface area contributed by atoms with Crippen LogP contribution in [0.4, 0.5) is 17.1 Å². The molecule has 0 spiro atoms. The summed E-state index contributed by atoms with van der Waals surface area (Å²) in [4.78, 5) is 2.36. The van der Waals surface area contributed by atoms with Crippen molar-refractivity contribution in [1.29, 1.82) is 0 Å². The molecule has 0 atom stereocenters. The van der Waals surface area contributed by atoms with Crippen LogP contribution in [0, 0.1) is 0 Å². The predicted octanol–water partition coefficient (Wildman–Crippen LogP) is 15.8. The van der Waals surface area contributed by atoms with E-state index in [0.717, 1.165) is 50.2 Å². The molecule has 3 nitrogen and oxygen atoms in total. The minimum absolute atomic E-state index is 0.163. The maximum atomic E-state index is 6.45. The van der Waals surface area contributed by atoms with Crippen molar-refractivity contribution in [2.75, 3.05) is 4.90 Å².